The summed E-state index contributed by atoms with van der Waals surface area (Å²) in [6, 6.07) is 4.30. The lowest BCUT2D eigenvalue weighted by atomic mass is 10.1. The van der Waals surface area contributed by atoms with Gasteiger partial charge in [0.15, 0.2) is 0 Å². The summed E-state index contributed by atoms with van der Waals surface area (Å²) in [5.41, 5.74) is 1.19. The first-order chi connectivity index (χ1) is 7.81. The molecular formula is C12H16N4. The van der Waals surface area contributed by atoms with Crippen LogP contribution in [-0.4, -0.2) is 21.6 Å². The summed E-state index contributed by atoms with van der Waals surface area (Å²) in [5, 5.41) is 3.29. The molecule has 0 saturated carbocycles. The standard InChI is InChI=1S/C12H16N4/c1-13-11(10-4-3-5-14-9-10)8-12-15-6-7-16(12)2/h3-7,9,11,13H,8H2,1-2H3. The smallest absolute Gasteiger partial charge is 0.110 e. The minimum absolute atomic E-state index is 0.259. The van der Waals surface area contributed by atoms with Crippen LogP contribution in [0.15, 0.2) is 36.9 Å². The monoisotopic (exact) mass is 216 g/mol. The normalized spacial score (nSPS) is 12.6. The summed E-state index contributed by atoms with van der Waals surface area (Å²) in [4.78, 5) is 8.47. The molecule has 0 radical (unpaired) electrons. The van der Waals surface area contributed by atoms with Crippen LogP contribution in [0.1, 0.15) is 17.4 Å². The number of aromatic nitrogens is 3. The Labute approximate surface area is 95.4 Å². The van der Waals surface area contributed by atoms with Gasteiger partial charge >= 0.3 is 0 Å². The number of nitrogens with zero attached hydrogens (tertiary/aromatic N) is 3. The van der Waals surface area contributed by atoms with Crippen molar-refractivity contribution in [2.75, 3.05) is 7.05 Å². The Morgan fingerprint density at radius 1 is 1.44 bits per heavy atom. The van der Waals surface area contributed by atoms with Crippen molar-refractivity contribution in [2.24, 2.45) is 7.05 Å². The molecule has 0 aromatic carbocycles. The fourth-order valence-electron chi connectivity index (χ4n) is 1.74. The number of imidazole rings is 1. The first-order valence-corrected chi connectivity index (χ1v) is 5.34. The van der Waals surface area contributed by atoms with E-state index in [1.165, 1.54) is 5.56 Å². The second-order valence-electron chi connectivity index (χ2n) is 3.79. The average Bonchev–Trinajstić information content (AvgIpc) is 2.73. The number of aryl methyl sites for hydroxylation is 1. The van der Waals surface area contributed by atoms with E-state index in [1.807, 2.05) is 43.3 Å². The average molecular weight is 216 g/mol. The quantitative estimate of drug-likeness (QED) is 0.838. The molecule has 0 aliphatic heterocycles. The van der Waals surface area contributed by atoms with Gasteiger partial charge in [-0.25, -0.2) is 4.98 Å². The van der Waals surface area contributed by atoms with E-state index in [9.17, 15) is 0 Å². The molecule has 0 aliphatic rings. The number of nitrogens with one attached hydrogen (secondary N) is 1. The minimum atomic E-state index is 0.259. The summed E-state index contributed by atoms with van der Waals surface area (Å²) < 4.78 is 2.04. The van der Waals surface area contributed by atoms with Gasteiger partial charge in [-0.05, 0) is 18.7 Å². The summed E-state index contributed by atoms with van der Waals surface area (Å²) in [6.07, 6.45) is 8.34. The number of hydrogen-bond donors (Lipinski definition) is 1. The van der Waals surface area contributed by atoms with E-state index in [0.29, 0.717) is 0 Å². The first kappa shape index (κ1) is 10.8. The van der Waals surface area contributed by atoms with Gasteiger partial charge in [0, 0.05) is 44.3 Å². The molecule has 84 valence electrons. The van der Waals surface area contributed by atoms with Crippen molar-refractivity contribution in [2.45, 2.75) is 12.5 Å². The van der Waals surface area contributed by atoms with Crippen molar-refractivity contribution in [1.29, 1.82) is 0 Å². The Morgan fingerprint density at radius 2 is 2.31 bits per heavy atom. The Balaban J connectivity index is 2.16. The summed E-state index contributed by atoms with van der Waals surface area (Å²) in [5.74, 6) is 1.07. The van der Waals surface area contributed by atoms with Crippen molar-refractivity contribution in [3.8, 4) is 0 Å². The van der Waals surface area contributed by atoms with Crippen LogP contribution in [0.25, 0.3) is 0 Å². The third-order valence-corrected chi connectivity index (χ3v) is 2.74. The highest BCUT2D eigenvalue weighted by molar-refractivity contribution is 5.15. The van der Waals surface area contributed by atoms with Gasteiger partial charge < -0.3 is 9.88 Å². The highest BCUT2D eigenvalue weighted by Crippen LogP contribution is 2.15. The van der Waals surface area contributed by atoms with Gasteiger partial charge in [0.25, 0.3) is 0 Å². The number of pyridine rings is 1. The van der Waals surface area contributed by atoms with Gasteiger partial charge in [-0.2, -0.15) is 0 Å². The van der Waals surface area contributed by atoms with Gasteiger partial charge in [0.2, 0.25) is 0 Å². The van der Waals surface area contributed by atoms with E-state index in [1.54, 1.807) is 6.20 Å². The number of likely N-dealkylation sites (N-methyl/N-ethyl adjacent to an activating group) is 1. The molecule has 0 fully saturated rings. The van der Waals surface area contributed by atoms with Crippen molar-refractivity contribution >= 4 is 0 Å². The van der Waals surface area contributed by atoms with E-state index < -0.39 is 0 Å². The molecule has 2 rings (SSSR count). The summed E-state index contributed by atoms with van der Waals surface area (Å²) >= 11 is 0. The van der Waals surface area contributed by atoms with E-state index in [-0.39, 0.29) is 6.04 Å². The maximum atomic E-state index is 4.33. The van der Waals surface area contributed by atoms with Gasteiger partial charge in [0.05, 0.1) is 0 Å². The summed E-state index contributed by atoms with van der Waals surface area (Å²) in [6.45, 7) is 0. The molecule has 0 saturated heterocycles. The molecule has 0 aliphatic carbocycles. The van der Waals surface area contributed by atoms with E-state index in [2.05, 4.69) is 21.4 Å². The molecule has 16 heavy (non-hydrogen) atoms. The molecule has 4 heteroatoms. The molecule has 2 aromatic rings. The van der Waals surface area contributed by atoms with Crippen molar-refractivity contribution in [1.82, 2.24) is 19.9 Å². The molecule has 0 bridgehead atoms. The van der Waals surface area contributed by atoms with Gasteiger partial charge in [-0.1, -0.05) is 6.07 Å². The third kappa shape index (κ3) is 2.28. The highest BCUT2D eigenvalue weighted by atomic mass is 15.0. The zero-order chi connectivity index (χ0) is 11.4. The Bertz CT molecular complexity index is 435. The zero-order valence-corrected chi connectivity index (χ0v) is 9.59. The van der Waals surface area contributed by atoms with Crippen LogP contribution in [0, 0.1) is 0 Å². The largest absolute Gasteiger partial charge is 0.338 e. The fourth-order valence-corrected chi connectivity index (χ4v) is 1.74. The predicted molar refractivity (Wildman–Crippen MR) is 62.9 cm³/mol. The zero-order valence-electron chi connectivity index (χ0n) is 9.59. The van der Waals surface area contributed by atoms with E-state index in [0.717, 1.165) is 12.2 Å². The van der Waals surface area contributed by atoms with Crippen molar-refractivity contribution < 1.29 is 0 Å². The third-order valence-electron chi connectivity index (χ3n) is 2.74. The lowest BCUT2D eigenvalue weighted by Crippen LogP contribution is -2.20. The van der Waals surface area contributed by atoms with Gasteiger partial charge in [-0.3, -0.25) is 4.98 Å². The van der Waals surface area contributed by atoms with Crippen LogP contribution in [0.2, 0.25) is 0 Å². The molecule has 1 unspecified atom stereocenters. The minimum Gasteiger partial charge on any atom is -0.338 e. The van der Waals surface area contributed by atoms with Crippen LogP contribution in [0.5, 0.6) is 0 Å². The molecular weight excluding hydrogens is 200 g/mol. The lowest BCUT2D eigenvalue weighted by Gasteiger charge is -2.15. The molecule has 1 N–H and O–H groups in total. The van der Waals surface area contributed by atoms with Crippen LogP contribution in [-0.2, 0) is 13.5 Å². The van der Waals surface area contributed by atoms with Crippen LogP contribution in [0.4, 0.5) is 0 Å². The molecule has 4 nitrogen and oxygen atoms in total. The Hall–Kier alpha value is -1.68. The number of rotatable bonds is 4. The number of hydrogen-bond acceptors (Lipinski definition) is 3. The van der Waals surface area contributed by atoms with Crippen molar-refractivity contribution in [3.05, 3.63) is 48.3 Å². The van der Waals surface area contributed by atoms with Gasteiger partial charge in [0.1, 0.15) is 5.82 Å². The fraction of sp³-hybridized carbons (Fsp3) is 0.333. The molecule has 2 aromatic heterocycles. The first-order valence-electron chi connectivity index (χ1n) is 5.34. The van der Waals surface area contributed by atoms with E-state index in [4.69, 9.17) is 0 Å². The maximum absolute atomic E-state index is 4.33. The molecule has 2 heterocycles. The molecule has 0 amide bonds. The van der Waals surface area contributed by atoms with Crippen LogP contribution in [0.3, 0.4) is 0 Å². The maximum Gasteiger partial charge on any atom is 0.110 e. The van der Waals surface area contributed by atoms with Crippen molar-refractivity contribution in [3.63, 3.8) is 0 Å². The van der Waals surface area contributed by atoms with Crippen LogP contribution < -0.4 is 5.32 Å². The van der Waals surface area contributed by atoms with E-state index >= 15 is 0 Å². The lowest BCUT2D eigenvalue weighted by molar-refractivity contribution is 0.562. The molecule has 1 atom stereocenters. The van der Waals surface area contributed by atoms with Crippen LogP contribution >= 0.6 is 0 Å². The Morgan fingerprint density at radius 3 is 2.88 bits per heavy atom. The topological polar surface area (TPSA) is 42.7 Å². The highest BCUT2D eigenvalue weighted by Gasteiger charge is 2.12. The second-order valence-corrected chi connectivity index (χ2v) is 3.79. The second kappa shape index (κ2) is 4.90. The summed E-state index contributed by atoms with van der Waals surface area (Å²) in [7, 11) is 3.97. The van der Waals surface area contributed by atoms with Gasteiger partial charge in [-0.15, -0.1) is 0 Å². The molecule has 0 spiro atoms. The Kier molecular flexibility index (Phi) is 3.31. The predicted octanol–water partition coefficient (Wildman–Crippen LogP) is 1.32. The SMILES string of the molecule is CNC(Cc1nccn1C)c1cccnc1.